The van der Waals surface area contributed by atoms with E-state index >= 15 is 0 Å². The van der Waals surface area contributed by atoms with Crippen LogP contribution in [-0.4, -0.2) is 36.5 Å². The quantitative estimate of drug-likeness (QED) is 0.766. The lowest BCUT2D eigenvalue weighted by Gasteiger charge is -2.21. The third kappa shape index (κ3) is 3.81. The molecule has 0 aliphatic heterocycles. The van der Waals surface area contributed by atoms with Gasteiger partial charge in [-0.05, 0) is 44.9 Å². The van der Waals surface area contributed by atoms with E-state index in [-0.39, 0.29) is 18.4 Å². The maximum absolute atomic E-state index is 12.4. The highest BCUT2D eigenvalue weighted by Gasteiger charge is 2.19. The average molecular weight is 263 g/mol. The molecule has 0 radical (unpaired) electrons. The van der Waals surface area contributed by atoms with Crippen molar-refractivity contribution in [1.82, 2.24) is 4.90 Å². The summed E-state index contributed by atoms with van der Waals surface area (Å²) in [4.78, 5) is 25.4. The van der Waals surface area contributed by atoms with Gasteiger partial charge in [0.1, 0.15) is 6.54 Å². The number of nitrogens with zero attached hydrogens (tertiary/aromatic N) is 1. The topological polar surface area (TPSA) is 46.6 Å². The predicted molar refractivity (Wildman–Crippen MR) is 74.1 cm³/mol. The lowest BCUT2D eigenvalue weighted by atomic mass is 10.0. The summed E-state index contributed by atoms with van der Waals surface area (Å²) in [5.41, 5.74) is 2.67. The zero-order valence-corrected chi connectivity index (χ0v) is 12.0. The van der Waals surface area contributed by atoms with Crippen molar-refractivity contribution in [3.8, 4) is 0 Å². The fraction of sp³-hybridized carbons (Fsp3) is 0.467. The van der Waals surface area contributed by atoms with Crippen molar-refractivity contribution in [3.63, 3.8) is 0 Å². The number of rotatable bonds is 5. The number of aryl methyl sites for hydroxylation is 1. The number of likely N-dealkylation sites (N-methyl/N-ethyl adjacent to an activating group) is 1. The van der Waals surface area contributed by atoms with Crippen LogP contribution in [0.5, 0.6) is 0 Å². The van der Waals surface area contributed by atoms with Gasteiger partial charge < -0.3 is 9.64 Å². The highest BCUT2D eigenvalue weighted by Crippen LogP contribution is 2.15. The molecule has 0 aliphatic rings. The van der Waals surface area contributed by atoms with Crippen LogP contribution in [0.3, 0.4) is 0 Å². The molecule has 1 amide bonds. The van der Waals surface area contributed by atoms with E-state index in [0.29, 0.717) is 18.7 Å². The normalized spacial score (nSPS) is 10.1. The van der Waals surface area contributed by atoms with Gasteiger partial charge in [-0.25, -0.2) is 0 Å². The fourth-order valence-corrected chi connectivity index (χ4v) is 1.84. The van der Waals surface area contributed by atoms with E-state index in [9.17, 15) is 9.59 Å². The van der Waals surface area contributed by atoms with Crippen LogP contribution in [0.15, 0.2) is 18.2 Å². The van der Waals surface area contributed by atoms with Crippen molar-refractivity contribution in [2.45, 2.75) is 27.7 Å². The maximum Gasteiger partial charge on any atom is 0.325 e. The number of benzene rings is 1. The average Bonchev–Trinajstić information content (AvgIpc) is 2.39. The number of esters is 1. The molecule has 1 aromatic carbocycles. The van der Waals surface area contributed by atoms with Crippen LogP contribution in [0, 0.1) is 13.8 Å². The number of amides is 1. The fourth-order valence-electron chi connectivity index (χ4n) is 1.84. The Labute approximate surface area is 114 Å². The lowest BCUT2D eigenvalue weighted by Crippen LogP contribution is -2.36. The summed E-state index contributed by atoms with van der Waals surface area (Å²) in [5, 5.41) is 0. The van der Waals surface area contributed by atoms with Gasteiger partial charge in [0.05, 0.1) is 6.61 Å². The molecule has 104 valence electrons. The van der Waals surface area contributed by atoms with E-state index in [0.717, 1.165) is 11.1 Å². The molecule has 0 aliphatic carbocycles. The Kier molecular flexibility index (Phi) is 5.55. The minimum Gasteiger partial charge on any atom is -0.465 e. The molecule has 0 spiro atoms. The lowest BCUT2D eigenvalue weighted by molar-refractivity contribution is -0.143. The van der Waals surface area contributed by atoms with Gasteiger partial charge in [0.15, 0.2) is 0 Å². The first-order valence-electron chi connectivity index (χ1n) is 6.52. The third-order valence-electron chi connectivity index (χ3n) is 3.13. The Bertz CT molecular complexity index is 468. The molecule has 19 heavy (non-hydrogen) atoms. The van der Waals surface area contributed by atoms with Crippen LogP contribution in [0.25, 0.3) is 0 Å². The maximum atomic E-state index is 12.4. The molecule has 0 heterocycles. The molecule has 0 unspecified atom stereocenters. The third-order valence-corrected chi connectivity index (χ3v) is 3.13. The van der Waals surface area contributed by atoms with Crippen molar-refractivity contribution in [2.75, 3.05) is 19.7 Å². The molecule has 0 bridgehead atoms. The van der Waals surface area contributed by atoms with Gasteiger partial charge in [0, 0.05) is 12.1 Å². The van der Waals surface area contributed by atoms with Crippen molar-refractivity contribution < 1.29 is 14.3 Å². The van der Waals surface area contributed by atoms with E-state index < -0.39 is 0 Å². The van der Waals surface area contributed by atoms with Crippen LogP contribution < -0.4 is 0 Å². The second-order valence-corrected chi connectivity index (χ2v) is 4.37. The minimum absolute atomic E-state index is 0.00342. The van der Waals surface area contributed by atoms with Gasteiger partial charge >= 0.3 is 5.97 Å². The van der Waals surface area contributed by atoms with E-state index in [4.69, 9.17) is 4.74 Å². The summed E-state index contributed by atoms with van der Waals surface area (Å²) in [5.74, 6) is -0.500. The van der Waals surface area contributed by atoms with Crippen LogP contribution in [0.2, 0.25) is 0 Å². The van der Waals surface area contributed by atoms with Gasteiger partial charge in [-0.3, -0.25) is 9.59 Å². The molecule has 0 N–H and O–H groups in total. The van der Waals surface area contributed by atoms with E-state index in [1.807, 2.05) is 32.9 Å². The molecule has 0 saturated heterocycles. The second kappa shape index (κ2) is 6.92. The SMILES string of the molecule is CCOC(=O)CN(CC)C(=O)c1cccc(C)c1C. The van der Waals surface area contributed by atoms with Crippen molar-refractivity contribution in [3.05, 3.63) is 34.9 Å². The molecule has 0 atom stereocenters. The molecule has 0 saturated carbocycles. The Morgan fingerprint density at radius 1 is 1.21 bits per heavy atom. The van der Waals surface area contributed by atoms with Crippen molar-refractivity contribution in [2.24, 2.45) is 0 Å². The molecule has 1 rings (SSSR count). The van der Waals surface area contributed by atoms with Gasteiger partial charge in [-0.1, -0.05) is 12.1 Å². The molecule has 4 nitrogen and oxygen atoms in total. The molecular weight excluding hydrogens is 242 g/mol. The summed E-state index contributed by atoms with van der Waals surface area (Å²) in [6.45, 7) is 8.28. The summed E-state index contributed by atoms with van der Waals surface area (Å²) < 4.78 is 4.88. The van der Waals surface area contributed by atoms with Gasteiger partial charge in [-0.2, -0.15) is 0 Å². The number of ether oxygens (including phenoxy) is 1. The zero-order chi connectivity index (χ0) is 14.4. The molecular formula is C15H21NO3. The summed E-state index contributed by atoms with van der Waals surface area (Å²) in [6.07, 6.45) is 0. The predicted octanol–water partition coefficient (Wildman–Crippen LogP) is 2.33. The summed E-state index contributed by atoms with van der Waals surface area (Å²) in [7, 11) is 0. The molecule has 0 fully saturated rings. The van der Waals surface area contributed by atoms with Crippen LogP contribution in [0.1, 0.15) is 35.3 Å². The first-order chi connectivity index (χ1) is 9.01. The van der Waals surface area contributed by atoms with Crippen LogP contribution in [-0.2, 0) is 9.53 Å². The zero-order valence-electron chi connectivity index (χ0n) is 12.0. The standard InChI is InChI=1S/C15H21NO3/c1-5-16(10-14(17)19-6-2)15(18)13-9-7-8-11(3)12(13)4/h7-9H,5-6,10H2,1-4H3. The monoisotopic (exact) mass is 263 g/mol. The Balaban J connectivity index is 2.89. The van der Waals surface area contributed by atoms with E-state index in [1.54, 1.807) is 13.0 Å². The van der Waals surface area contributed by atoms with Gasteiger partial charge in [-0.15, -0.1) is 0 Å². The molecule has 4 heteroatoms. The summed E-state index contributed by atoms with van der Waals surface area (Å²) >= 11 is 0. The first kappa shape index (κ1) is 15.2. The number of carbonyl (C=O) groups is 2. The van der Waals surface area contributed by atoms with Gasteiger partial charge in [0.2, 0.25) is 0 Å². The van der Waals surface area contributed by atoms with Gasteiger partial charge in [0.25, 0.3) is 5.91 Å². The Hall–Kier alpha value is -1.84. The molecule has 0 aromatic heterocycles. The Morgan fingerprint density at radius 3 is 2.47 bits per heavy atom. The largest absolute Gasteiger partial charge is 0.465 e. The van der Waals surface area contributed by atoms with Crippen molar-refractivity contribution >= 4 is 11.9 Å². The molecule has 1 aromatic rings. The first-order valence-corrected chi connectivity index (χ1v) is 6.52. The van der Waals surface area contributed by atoms with Crippen LogP contribution >= 0.6 is 0 Å². The second-order valence-electron chi connectivity index (χ2n) is 4.37. The highest BCUT2D eigenvalue weighted by atomic mass is 16.5. The smallest absolute Gasteiger partial charge is 0.325 e. The summed E-state index contributed by atoms with van der Waals surface area (Å²) in [6, 6.07) is 5.61. The van der Waals surface area contributed by atoms with Crippen LogP contribution in [0.4, 0.5) is 0 Å². The number of hydrogen-bond donors (Lipinski definition) is 0. The number of hydrogen-bond acceptors (Lipinski definition) is 3. The van der Waals surface area contributed by atoms with Crippen molar-refractivity contribution in [1.29, 1.82) is 0 Å². The minimum atomic E-state index is -0.372. The Morgan fingerprint density at radius 2 is 1.89 bits per heavy atom. The van der Waals surface area contributed by atoms with E-state index in [2.05, 4.69) is 0 Å². The number of carbonyl (C=O) groups excluding carboxylic acids is 2. The van der Waals surface area contributed by atoms with E-state index in [1.165, 1.54) is 4.90 Å². The highest BCUT2D eigenvalue weighted by molar-refractivity contribution is 5.97.